The van der Waals surface area contributed by atoms with E-state index in [-0.39, 0.29) is 0 Å². The lowest BCUT2D eigenvalue weighted by Crippen LogP contribution is -2.30. The van der Waals surface area contributed by atoms with Crippen molar-refractivity contribution in [2.24, 2.45) is 5.92 Å². The summed E-state index contributed by atoms with van der Waals surface area (Å²) in [6.07, 6.45) is 2.55. The summed E-state index contributed by atoms with van der Waals surface area (Å²) in [6, 6.07) is 7.20. The zero-order chi connectivity index (χ0) is 11.0. The van der Waals surface area contributed by atoms with E-state index in [1.165, 1.54) is 23.1 Å². The Morgan fingerprint density at radius 3 is 3.25 bits per heavy atom. The van der Waals surface area contributed by atoms with Crippen LogP contribution in [0.25, 0.3) is 10.2 Å². The van der Waals surface area contributed by atoms with Crippen molar-refractivity contribution >= 4 is 21.6 Å². The van der Waals surface area contributed by atoms with E-state index < -0.39 is 0 Å². The fourth-order valence-electron chi connectivity index (χ4n) is 2.45. The largest absolute Gasteiger partial charge is 0.310 e. The summed E-state index contributed by atoms with van der Waals surface area (Å²) in [5, 5.41) is 3.60. The zero-order valence-electron chi connectivity index (χ0n) is 9.44. The number of fused-ring (bicyclic) bond motifs is 1. The molecule has 0 spiro atoms. The molecule has 1 N–H and O–H groups in total. The number of hydrogen-bond donors (Lipinski definition) is 1. The van der Waals surface area contributed by atoms with Gasteiger partial charge in [-0.05, 0) is 43.0 Å². The van der Waals surface area contributed by atoms with Gasteiger partial charge in [0.05, 0.1) is 15.7 Å². The topological polar surface area (TPSA) is 24.9 Å². The van der Waals surface area contributed by atoms with Gasteiger partial charge in [0, 0.05) is 6.04 Å². The van der Waals surface area contributed by atoms with Gasteiger partial charge in [0.25, 0.3) is 0 Å². The van der Waals surface area contributed by atoms with Crippen LogP contribution < -0.4 is 5.32 Å². The third-order valence-corrected chi connectivity index (χ3v) is 4.23. The van der Waals surface area contributed by atoms with Crippen LogP contribution in [0.2, 0.25) is 0 Å². The molecule has 2 atom stereocenters. The minimum absolute atomic E-state index is 0.523. The number of thiazole rings is 1. The molecule has 0 saturated carbocycles. The van der Waals surface area contributed by atoms with E-state index in [2.05, 4.69) is 35.4 Å². The fraction of sp³-hybridized carbons (Fsp3) is 0.462. The summed E-state index contributed by atoms with van der Waals surface area (Å²) in [5.41, 5.74) is 4.46. The van der Waals surface area contributed by atoms with Crippen LogP contribution in [0.4, 0.5) is 0 Å². The number of nitrogens with zero attached hydrogens (tertiary/aromatic N) is 1. The quantitative estimate of drug-likeness (QED) is 0.815. The van der Waals surface area contributed by atoms with Crippen molar-refractivity contribution in [2.45, 2.75) is 25.8 Å². The lowest BCUT2D eigenvalue weighted by molar-refractivity contribution is 0.325. The van der Waals surface area contributed by atoms with Gasteiger partial charge in [-0.25, -0.2) is 4.98 Å². The highest BCUT2D eigenvalue weighted by atomic mass is 32.1. The molecule has 84 valence electrons. The van der Waals surface area contributed by atoms with Crippen LogP contribution in [-0.4, -0.2) is 11.5 Å². The van der Waals surface area contributed by atoms with Crippen molar-refractivity contribution in [3.8, 4) is 0 Å². The van der Waals surface area contributed by atoms with Crippen LogP contribution in [0.1, 0.15) is 31.4 Å². The van der Waals surface area contributed by atoms with E-state index in [0.717, 1.165) is 18.0 Å². The second-order valence-electron chi connectivity index (χ2n) is 4.72. The van der Waals surface area contributed by atoms with Crippen molar-refractivity contribution < 1.29 is 0 Å². The second kappa shape index (κ2) is 4.15. The van der Waals surface area contributed by atoms with Gasteiger partial charge >= 0.3 is 0 Å². The molecule has 1 aliphatic rings. The SMILES string of the molecule is C[C@@H]1CCN[C@@H](c2ccc3scnc3c2)C1. The Morgan fingerprint density at radius 2 is 2.38 bits per heavy atom. The van der Waals surface area contributed by atoms with Gasteiger partial charge in [-0.1, -0.05) is 13.0 Å². The summed E-state index contributed by atoms with van der Waals surface area (Å²) < 4.78 is 1.28. The summed E-state index contributed by atoms with van der Waals surface area (Å²) in [7, 11) is 0. The van der Waals surface area contributed by atoms with E-state index in [9.17, 15) is 0 Å². The molecule has 2 heterocycles. The molecule has 3 rings (SSSR count). The summed E-state index contributed by atoms with van der Waals surface area (Å²) in [5.74, 6) is 0.831. The van der Waals surface area contributed by atoms with Crippen LogP contribution in [0.5, 0.6) is 0 Å². The molecule has 0 radical (unpaired) electrons. The Bertz CT molecular complexity index is 491. The van der Waals surface area contributed by atoms with Crippen molar-refractivity contribution in [3.05, 3.63) is 29.3 Å². The number of nitrogens with one attached hydrogen (secondary N) is 1. The van der Waals surface area contributed by atoms with Crippen molar-refractivity contribution in [2.75, 3.05) is 6.54 Å². The van der Waals surface area contributed by atoms with Gasteiger partial charge < -0.3 is 5.32 Å². The smallest absolute Gasteiger partial charge is 0.0815 e. The Labute approximate surface area is 99.7 Å². The molecular weight excluding hydrogens is 216 g/mol. The van der Waals surface area contributed by atoms with Crippen molar-refractivity contribution in [1.29, 1.82) is 0 Å². The van der Waals surface area contributed by atoms with Crippen LogP contribution in [0, 0.1) is 5.92 Å². The Balaban J connectivity index is 1.92. The molecule has 0 amide bonds. The first kappa shape index (κ1) is 10.2. The predicted octanol–water partition coefficient (Wildman–Crippen LogP) is 3.36. The minimum Gasteiger partial charge on any atom is -0.310 e. The van der Waals surface area contributed by atoms with E-state index in [1.54, 1.807) is 11.3 Å². The van der Waals surface area contributed by atoms with Crippen LogP contribution in [0.15, 0.2) is 23.7 Å². The lowest BCUT2D eigenvalue weighted by atomic mass is 9.90. The molecule has 0 unspecified atom stereocenters. The summed E-state index contributed by atoms with van der Waals surface area (Å²) in [6.45, 7) is 3.48. The number of benzene rings is 1. The first-order valence-electron chi connectivity index (χ1n) is 5.89. The first-order chi connectivity index (χ1) is 7.83. The summed E-state index contributed by atoms with van der Waals surface area (Å²) in [4.78, 5) is 4.38. The zero-order valence-corrected chi connectivity index (χ0v) is 10.3. The Kier molecular flexibility index (Phi) is 2.65. The maximum absolute atomic E-state index is 4.38. The number of rotatable bonds is 1. The average molecular weight is 232 g/mol. The standard InChI is InChI=1S/C13H16N2S/c1-9-4-5-14-11(6-9)10-2-3-13-12(7-10)15-8-16-13/h2-3,7-9,11,14H,4-6H2,1H3/t9-,11-/m1/s1. The number of piperidine rings is 1. The van der Waals surface area contributed by atoms with Crippen molar-refractivity contribution in [1.82, 2.24) is 10.3 Å². The molecule has 1 aromatic heterocycles. The molecule has 1 aliphatic heterocycles. The van der Waals surface area contributed by atoms with Crippen LogP contribution in [-0.2, 0) is 0 Å². The van der Waals surface area contributed by atoms with Crippen LogP contribution in [0.3, 0.4) is 0 Å². The first-order valence-corrected chi connectivity index (χ1v) is 6.77. The van der Waals surface area contributed by atoms with Gasteiger partial charge in [0.15, 0.2) is 0 Å². The predicted molar refractivity (Wildman–Crippen MR) is 68.8 cm³/mol. The minimum atomic E-state index is 0.523. The second-order valence-corrected chi connectivity index (χ2v) is 5.60. The van der Waals surface area contributed by atoms with Gasteiger partial charge in [-0.2, -0.15) is 0 Å². The Hall–Kier alpha value is -0.930. The van der Waals surface area contributed by atoms with Gasteiger partial charge in [0.1, 0.15) is 0 Å². The van der Waals surface area contributed by atoms with E-state index in [1.807, 2.05) is 5.51 Å². The van der Waals surface area contributed by atoms with Gasteiger partial charge in [0.2, 0.25) is 0 Å². The molecule has 0 aliphatic carbocycles. The number of aromatic nitrogens is 1. The van der Waals surface area contributed by atoms with E-state index in [4.69, 9.17) is 0 Å². The molecule has 2 aromatic rings. The molecule has 2 nitrogen and oxygen atoms in total. The van der Waals surface area contributed by atoms with Crippen molar-refractivity contribution in [3.63, 3.8) is 0 Å². The molecule has 1 aromatic carbocycles. The molecule has 1 fully saturated rings. The average Bonchev–Trinajstić information content (AvgIpc) is 2.75. The van der Waals surface area contributed by atoms with E-state index in [0.29, 0.717) is 6.04 Å². The van der Waals surface area contributed by atoms with Crippen LogP contribution >= 0.6 is 11.3 Å². The highest BCUT2D eigenvalue weighted by Gasteiger charge is 2.19. The third-order valence-electron chi connectivity index (χ3n) is 3.42. The highest BCUT2D eigenvalue weighted by Crippen LogP contribution is 2.29. The highest BCUT2D eigenvalue weighted by molar-refractivity contribution is 7.16. The summed E-state index contributed by atoms with van der Waals surface area (Å²) >= 11 is 1.71. The molecule has 0 bridgehead atoms. The third kappa shape index (κ3) is 1.85. The van der Waals surface area contributed by atoms with Gasteiger partial charge in [-0.3, -0.25) is 0 Å². The maximum Gasteiger partial charge on any atom is 0.0815 e. The number of hydrogen-bond acceptors (Lipinski definition) is 3. The monoisotopic (exact) mass is 232 g/mol. The lowest BCUT2D eigenvalue weighted by Gasteiger charge is -2.28. The molecular formula is C13H16N2S. The molecule has 16 heavy (non-hydrogen) atoms. The molecule has 1 saturated heterocycles. The normalized spacial score (nSPS) is 26.1. The fourth-order valence-corrected chi connectivity index (χ4v) is 3.11. The van der Waals surface area contributed by atoms with Gasteiger partial charge in [-0.15, -0.1) is 11.3 Å². The van der Waals surface area contributed by atoms with E-state index >= 15 is 0 Å². The maximum atomic E-state index is 4.38. The molecule has 3 heteroatoms. The Morgan fingerprint density at radius 1 is 1.44 bits per heavy atom.